The van der Waals surface area contributed by atoms with Gasteiger partial charge in [-0.25, -0.2) is 8.42 Å². The van der Waals surface area contributed by atoms with Gasteiger partial charge in [0, 0.05) is 6.42 Å². The minimum atomic E-state index is -2.97. The normalized spacial score (nSPS) is 42.4. The third-order valence-electron chi connectivity index (χ3n) is 4.70. The van der Waals surface area contributed by atoms with Crippen molar-refractivity contribution in [3.8, 4) is 0 Å². The van der Waals surface area contributed by atoms with Gasteiger partial charge < -0.3 is 14.6 Å². The van der Waals surface area contributed by atoms with Gasteiger partial charge in [0.25, 0.3) is 0 Å². The summed E-state index contributed by atoms with van der Waals surface area (Å²) < 4.78 is 35.0. The van der Waals surface area contributed by atoms with Gasteiger partial charge in [0.1, 0.15) is 0 Å². The third kappa shape index (κ3) is 2.68. The number of rotatable bonds is 3. The van der Waals surface area contributed by atoms with Gasteiger partial charge in [-0.3, -0.25) is 0 Å². The maximum atomic E-state index is 12.0. The molecule has 0 aromatic heterocycles. The largest absolute Gasteiger partial charge is 0.390 e. The summed E-state index contributed by atoms with van der Waals surface area (Å²) in [5.41, 5.74) is -0.846. The van der Waals surface area contributed by atoms with Crippen molar-refractivity contribution in [3.05, 3.63) is 0 Å². The summed E-state index contributed by atoms with van der Waals surface area (Å²) in [7, 11) is -2.97. The van der Waals surface area contributed by atoms with E-state index in [0.717, 1.165) is 6.42 Å². The van der Waals surface area contributed by atoms with Gasteiger partial charge in [-0.2, -0.15) is 0 Å². The second kappa shape index (κ2) is 4.98. The monoisotopic (exact) mass is 290 g/mol. The van der Waals surface area contributed by atoms with Gasteiger partial charge in [0.2, 0.25) is 0 Å². The molecule has 19 heavy (non-hydrogen) atoms. The maximum absolute atomic E-state index is 12.0. The van der Waals surface area contributed by atoms with Crippen LogP contribution in [0.3, 0.4) is 0 Å². The Morgan fingerprint density at radius 2 is 1.68 bits per heavy atom. The van der Waals surface area contributed by atoms with Gasteiger partial charge in [0.15, 0.2) is 16.1 Å². The van der Waals surface area contributed by atoms with Gasteiger partial charge in [-0.1, -0.05) is 0 Å². The zero-order chi connectivity index (χ0) is 13.5. The molecule has 1 N–H and O–H groups in total. The number of fused-ring (bicyclic) bond motifs is 2. The van der Waals surface area contributed by atoms with Crippen LogP contribution in [-0.4, -0.2) is 49.1 Å². The van der Waals surface area contributed by atoms with Crippen LogP contribution in [0.4, 0.5) is 0 Å². The lowest BCUT2D eigenvalue weighted by Crippen LogP contribution is -2.45. The molecule has 6 heteroatoms. The summed E-state index contributed by atoms with van der Waals surface area (Å²) in [5.74, 6) is 0. The molecule has 110 valence electrons. The second-order valence-electron chi connectivity index (χ2n) is 6.11. The fourth-order valence-electron chi connectivity index (χ4n) is 3.63. The first-order valence-electron chi connectivity index (χ1n) is 7.18. The minimum Gasteiger partial charge on any atom is -0.390 e. The van der Waals surface area contributed by atoms with E-state index in [9.17, 15) is 13.5 Å². The van der Waals surface area contributed by atoms with Gasteiger partial charge >= 0.3 is 0 Å². The fourth-order valence-corrected chi connectivity index (χ4v) is 6.19. The Morgan fingerprint density at radius 3 is 2.26 bits per heavy atom. The molecular formula is C13H22O5S. The van der Waals surface area contributed by atoms with Gasteiger partial charge in [-0.15, -0.1) is 0 Å². The first-order chi connectivity index (χ1) is 9.00. The van der Waals surface area contributed by atoms with E-state index < -0.39 is 15.4 Å². The molecule has 3 rings (SSSR count). The molecule has 3 aliphatic heterocycles. The molecule has 0 amide bonds. The molecule has 0 aromatic carbocycles. The third-order valence-corrected chi connectivity index (χ3v) is 7.36. The Bertz CT molecular complexity index is 406. The molecule has 0 saturated carbocycles. The average molecular weight is 290 g/mol. The molecule has 0 spiro atoms. The summed E-state index contributed by atoms with van der Waals surface area (Å²) in [6.45, 7) is 1.42. The molecule has 2 unspecified atom stereocenters. The lowest BCUT2D eigenvalue weighted by atomic mass is 9.88. The van der Waals surface area contributed by atoms with Crippen LogP contribution in [0.5, 0.6) is 0 Å². The molecule has 3 fully saturated rings. The standard InChI is InChI=1S/C13H22O5S/c14-13(5-4-12-17-6-1-7-18-12)8-10-2-3-11(9-13)19(10,15)16/h10-12,14H,1-9H2. The molecule has 3 aliphatic rings. The Balaban J connectivity index is 1.59. The van der Waals surface area contributed by atoms with Crippen LogP contribution in [0.1, 0.15) is 44.9 Å². The van der Waals surface area contributed by atoms with E-state index in [1.807, 2.05) is 0 Å². The topological polar surface area (TPSA) is 72.8 Å². The molecular weight excluding hydrogens is 268 g/mol. The van der Waals surface area contributed by atoms with E-state index in [2.05, 4.69) is 0 Å². The van der Waals surface area contributed by atoms with Crippen LogP contribution < -0.4 is 0 Å². The number of sulfone groups is 1. The predicted molar refractivity (Wildman–Crippen MR) is 69.5 cm³/mol. The van der Waals surface area contributed by atoms with E-state index in [4.69, 9.17) is 9.47 Å². The van der Waals surface area contributed by atoms with E-state index in [0.29, 0.717) is 51.7 Å². The van der Waals surface area contributed by atoms with Crippen molar-refractivity contribution in [2.45, 2.75) is 67.3 Å². The number of hydrogen-bond acceptors (Lipinski definition) is 5. The van der Waals surface area contributed by atoms with Gasteiger partial charge in [-0.05, 0) is 38.5 Å². The highest BCUT2D eigenvalue weighted by molar-refractivity contribution is 7.93. The molecule has 5 nitrogen and oxygen atoms in total. The first-order valence-corrected chi connectivity index (χ1v) is 8.79. The highest BCUT2D eigenvalue weighted by atomic mass is 32.2. The smallest absolute Gasteiger partial charge is 0.157 e. The first kappa shape index (κ1) is 13.8. The van der Waals surface area contributed by atoms with E-state index in [1.54, 1.807) is 0 Å². The van der Waals surface area contributed by atoms with Crippen LogP contribution in [-0.2, 0) is 19.3 Å². The lowest BCUT2D eigenvalue weighted by Gasteiger charge is -2.37. The van der Waals surface area contributed by atoms with Crippen LogP contribution in [0, 0.1) is 0 Å². The highest BCUT2D eigenvalue weighted by Crippen LogP contribution is 2.45. The van der Waals surface area contributed by atoms with Crippen molar-refractivity contribution < 1.29 is 23.0 Å². The number of hydrogen-bond donors (Lipinski definition) is 1. The maximum Gasteiger partial charge on any atom is 0.157 e. The Kier molecular flexibility index (Phi) is 3.62. The predicted octanol–water partition coefficient (Wildman–Crippen LogP) is 1.00. The molecule has 0 radical (unpaired) electrons. The molecule has 2 atom stereocenters. The number of aliphatic hydroxyl groups is 1. The second-order valence-corrected chi connectivity index (χ2v) is 8.62. The number of ether oxygens (including phenoxy) is 2. The zero-order valence-electron chi connectivity index (χ0n) is 11.1. The summed E-state index contributed by atoms with van der Waals surface area (Å²) in [6, 6.07) is 0. The van der Waals surface area contributed by atoms with E-state index in [-0.39, 0.29) is 16.8 Å². The molecule has 3 saturated heterocycles. The molecule has 0 aliphatic carbocycles. The zero-order valence-corrected chi connectivity index (χ0v) is 11.9. The van der Waals surface area contributed by atoms with Crippen molar-refractivity contribution in [1.82, 2.24) is 0 Å². The van der Waals surface area contributed by atoms with Crippen LogP contribution in [0.25, 0.3) is 0 Å². The van der Waals surface area contributed by atoms with Gasteiger partial charge in [0.05, 0.1) is 29.3 Å². The molecule has 3 heterocycles. The lowest BCUT2D eigenvalue weighted by molar-refractivity contribution is -0.187. The Morgan fingerprint density at radius 1 is 1.11 bits per heavy atom. The van der Waals surface area contributed by atoms with Crippen LogP contribution in [0.2, 0.25) is 0 Å². The summed E-state index contributed by atoms with van der Waals surface area (Å²) in [6.07, 6.45) is 4.11. The summed E-state index contributed by atoms with van der Waals surface area (Å²) in [4.78, 5) is 0. The van der Waals surface area contributed by atoms with Crippen molar-refractivity contribution in [2.24, 2.45) is 0 Å². The summed E-state index contributed by atoms with van der Waals surface area (Å²) in [5, 5.41) is 9.98. The SMILES string of the molecule is O=S1(=O)C2CCC1CC(O)(CCC1OCCCO1)C2. The average Bonchev–Trinajstić information content (AvgIpc) is 2.57. The van der Waals surface area contributed by atoms with Crippen molar-refractivity contribution in [3.63, 3.8) is 0 Å². The Labute approximate surface area is 114 Å². The van der Waals surface area contributed by atoms with Crippen molar-refractivity contribution in [1.29, 1.82) is 0 Å². The molecule has 2 bridgehead atoms. The Hall–Kier alpha value is -0.170. The fraction of sp³-hybridized carbons (Fsp3) is 1.00. The van der Waals surface area contributed by atoms with E-state index in [1.165, 1.54) is 0 Å². The van der Waals surface area contributed by atoms with E-state index >= 15 is 0 Å². The van der Waals surface area contributed by atoms with Crippen LogP contribution >= 0.6 is 0 Å². The summed E-state index contributed by atoms with van der Waals surface area (Å²) >= 11 is 0. The highest BCUT2D eigenvalue weighted by Gasteiger charge is 2.52. The minimum absolute atomic E-state index is 0.228. The quantitative estimate of drug-likeness (QED) is 0.839. The van der Waals surface area contributed by atoms with Crippen molar-refractivity contribution >= 4 is 9.84 Å². The van der Waals surface area contributed by atoms with Crippen LogP contribution in [0.15, 0.2) is 0 Å². The molecule has 0 aromatic rings. The van der Waals surface area contributed by atoms with Crippen molar-refractivity contribution in [2.75, 3.05) is 13.2 Å².